The topological polar surface area (TPSA) is 78.7 Å². The summed E-state index contributed by atoms with van der Waals surface area (Å²) in [4.78, 5) is 32.8. The normalized spacial score (nSPS) is 17.8. The smallest absolute Gasteiger partial charge is 0.229 e. The van der Waals surface area contributed by atoms with Crippen LogP contribution in [-0.4, -0.2) is 59.3 Å². The summed E-state index contributed by atoms with van der Waals surface area (Å²) >= 11 is 0. The number of carbonyl (C=O) groups is 2. The van der Waals surface area contributed by atoms with Crippen LogP contribution in [0.2, 0.25) is 0 Å². The molecule has 32 heavy (non-hydrogen) atoms. The molecule has 2 fully saturated rings. The van der Waals surface area contributed by atoms with Crippen molar-refractivity contribution in [1.82, 2.24) is 20.1 Å². The number of oxazole rings is 1. The van der Waals surface area contributed by atoms with Crippen LogP contribution in [0.15, 0.2) is 28.7 Å². The van der Waals surface area contributed by atoms with Gasteiger partial charge < -0.3 is 14.6 Å². The first-order valence-corrected chi connectivity index (χ1v) is 11.5. The maximum absolute atomic E-state index is 14.0. The van der Waals surface area contributed by atoms with Gasteiger partial charge in [-0.1, -0.05) is 12.1 Å². The van der Waals surface area contributed by atoms with E-state index < -0.39 is 0 Å². The van der Waals surface area contributed by atoms with Crippen LogP contribution in [0.4, 0.5) is 4.39 Å². The van der Waals surface area contributed by atoms with E-state index in [0.29, 0.717) is 36.7 Å². The summed E-state index contributed by atoms with van der Waals surface area (Å²) in [7, 11) is 0. The largest absolute Gasteiger partial charge is 0.441 e. The van der Waals surface area contributed by atoms with Gasteiger partial charge in [-0.05, 0) is 57.8 Å². The Kier molecular flexibility index (Phi) is 7.19. The molecular formula is C24H31FN4O3. The second-order valence-electron chi connectivity index (χ2n) is 8.68. The highest BCUT2D eigenvalue weighted by Crippen LogP contribution is 2.26. The summed E-state index contributed by atoms with van der Waals surface area (Å²) in [5.74, 6) is 1.01. The van der Waals surface area contributed by atoms with E-state index in [0.717, 1.165) is 57.6 Å². The Bertz CT molecular complexity index is 952. The van der Waals surface area contributed by atoms with Crippen molar-refractivity contribution in [2.75, 3.05) is 32.7 Å². The lowest BCUT2D eigenvalue weighted by Gasteiger charge is -2.30. The molecular weight excluding hydrogens is 411 g/mol. The minimum absolute atomic E-state index is 0.0204. The highest BCUT2D eigenvalue weighted by molar-refractivity contribution is 5.79. The molecule has 0 saturated carbocycles. The second-order valence-corrected chi connectivity index (χ2v) is 8.68. The molecule has 2 aromatic rings. The number of likely N-dealkylation sites (tertiary alicyclic amines) is 2. The summed E-state index contributed by atoms with van der Waals surface area (Å²) in [6.07, 6.45) is 4.00. The number of piperidine rings is 1. The van der Waals surface area contributed by atoms with Gasteiger partial charge in [0.1, 0.15) is 11.6 Å². The molecule has 1 N–H and O–H groups in total. The fourth-order valence-corrected chi connectivity index (χ4v) is 4.46. The maximum atomic E-state index is 14.0. The Morgan fingerprint density at radius 2 is 2.03 bits per heavy atom. The monoisotopic (exact) mass is 442 g/mol. The summed E-state index contributed by atoms with van der Waals surface area (Å²) in [5.41, 5.74) is 1.17. The number of hydrogen-bond acceptors (Lipinski definition) is 5. The third kappa shape index (κ3) is 5.35. The average Bonchev–Trinajstić information content (AvgIpc) is 3.37. The van der Waals surface area contributed by atoms with Gasteiger partial charge in [-0.3, -0.25) is 14.5 Å². The van der Waals surface area contributed by atoms with Crippen LogP contribution in [0.5, 0.6) is 0 Å². The van der Waals surface area contributed by atoms with Crippen molar-refractivity contribution in [2.45, 2.75) is 45.6 Å². The number of carbonyl (C=O) groups excluding carboxylic acids is 2. The molecule has 0 spiro atoms. The Morgan fingerprint density at radius 1 is 1.25 bits per heavy atom. The van der Waals surface area contributed by atoms with Gasteiger partial charge in [0.25, 0.3) is 0 Å². The number of nitrogens with one attached hydrogen (secondary N) is 1. The predicted octanol–water partition coefficient (Wildman–Crippen LogP) is 3.13. The van der Waals surface area contributed by atoms with Crippen molar-refractivity contribution in [1.29, 1.82) is 0 Å². The Hall–Kier alpha value is -2.74. The third-order valence-corrected chi connectivity index (χ3v) is 6.40. The zero-order chi connectivity index (χ0) is 22.5. The first-order valence-electron chi connectivity index (χ1n) is 11.5. The minimum atomic E-state index is -0.348. The number of amides is 2. The van der Waals surface area contributed by atoms with Gasteiger partial charge in [-0.25, -0.2) is 9.37 Å². The van der Waals surface area contributed by atoms with Gasteiger partial charge >= 0.3 is 0 Å². The Balaban J connectivity index is 1.21. The molecule has 0 atom stereocenters. The SMILES string of the molecule is Cc1oc(-c2ccccc2F)nc1CN1CCC(C(=O)NCCCN2CCCC2=O)CC1. The van der Waals surface area contributed by atoms with Gasteiger partial charge in [0.05, 0.1) is 11.3 Å². The highest BCUT2D eigenvalue weighted by Gasteiger charge is 2.26. The first kappa shape index (κ1) is 22.5. The van der Waals surface area contributed by atoms with Crippen molar-refractivity contribution < 1.29 is 18.4 Å². The summed E-state index contributed by atoms with van der Waals surface area (Å²) in [5, 5.41) is 3.03. The zero-order valence-electron chi connectivity index (χ0n) is 18.6. The third-order valence-electron chi connectivity index (χ3n) is 6.40. The van der Waals surface area contributed by atoms with Crippen LogP contribution in [0.25, 0.3) is 11.5 Å². The Morgan fingerprint density at radius 3 is 2.75 bits per heavy atom. The summed E-state index contributed by atoms with van der Waals surface area (Å²) < 4.78 is 19.7. The van der Waals surface area contributed by atoms with Crippen molar-refractivity contribution in [3.05, 3.63) is 41.5 Å². The van der Waals surface area contributed by atoms with E-state index in [1.165, 1.54) is 6.07 Å². The van der Waals surface area contributed by atoms with Gasteiger partial charge in [0.15, 0.2) is 0 Å². The molecule has 0 unspecified atom stereocenters. The highest BCUT2D eigenvalue weighted by atomic mass is 19.1. The van der Waals surface area contributed by atoms with Crippen LogP contribution < -0.4 is 5.32 Å². The molecule has 2 amide bonds. The number of rotatable bonds is 8. The molecule has 8 heteroatoms. The molecule has 172 valence electrons. The van der Waals surface area contributed by atoms with Crippen LogP contribution in [0, 0.1) is 18.7 Å². The van der Waals surface area contributed by atoms with Gasteiger partial charge in [-0.15, -0.1) is 0 Å². The fourth-order valence-electron chi connectivity index (χ4n) is 4.46. The average molecular weight is 443 g/mol. The standard InChI is InChI=1S/C24H31FN4O3/c1-17-21(27-24(32-17)19-6-2-3-7-20(19)25)16-28-14-9-18(10-15-28)23(31)26-11-5-13-29-12-4-8-22(29)30/h2-3,6-7,18H,4-5,8-16H2,1H3,(H,26,31). The van der Waals surface area contributed by atoms with E-state index in [1.807, 2.05) is 11.8 Å². The lowest BCUT2D eigenvalue weighted by Crippen LogP contribution is -2.41. The molecule has 2 saturated heterocycles. The number of nitrogens with zero attached hydrogens (tertiary/aromatic N) is 3. The number of aryl methyl sites for hydroxylation is 1. The molecule has 0 aliphatic carbocycles. The van der Waals surface area contributed by atoms with Crippen LogP contribution >= 0.6 is 0 Å². The van der Waals surface area contributed by atoms with Gasteiger partial charge in [0, 0.05) is 38.5 Å². The quantitative estimate of drug-likeness (QED) is 0.636. The molecule has 3 heterocycles. The predicted molar refractivity (Wildman–Crippen MR) is 118 cm³/mol. The van der Waals surface area contributed by atoms with E-state index >= 15 is 0 Å². The fraction of sp³-hybridized carbons (Fsp3) is 0.542. The molecule has 1 aromatic heterocycles. The van der Waals surface area contributed by atoms with E-state index in [-0.39, 0.29) is 23.5 Å². The first-order chi connectivity index (χ1) is 15.5. The second kappa shape index (κ2) is 10.3. The maximum Gasteiger partial charge on any atom is 0.229 e. The van der Waals surface area contributed by atoms with Crippen molar-refractivity contribution in [2.24, 2.45) is 5.92 Å². The zero-order valence-corrected chi connectivity index (χ0v) is 18.6. The van der Waals surface area contributed by atoms with Crippen molar-refractivity contribution in [3.8, 4) is 11.5 Å². The van der Waals surface area contributed by atoms with Gasteiger partial charge in [-0.2, -0.15) is 0 Å². The number of hydrogen-bond donors (Lipinski definition) is 1. The molecule has 0 bridgehead atoms. The van der Waals surface area contributed by atoms with Crippen molar-refractivity contribution >= 4 is 11.8 Å². The molecule has 0 radical (unpaired) electrons. The van der Waals surface area contributed by atoms with Crippen LogP contribution in [0.1, 0.15) is 43.6 Å². The Labute approximate surface area is 188 Å². The molecule has 2 aliphatic heterocycles. The number of benzene rings is 1. The lowest BCUT2D eigenvalue weighted by molar-refractivity contribution is -0.127. The van der Waals surface area contributed by atoms with E-state index in [9.17, 15) is 14.0 Å². The van der Waals surface area contributed by atoms with E-state index in [1.54, 1.807) is 18.2 Å². The summed E-state index contributed by atoms with van der Waals surface area (Å²) in [6.45, 7) is 6.27. The lowest BCUT2D eigenvalue weighted by atomic mass is 9.95. The molecule has 1 aromatic carbocycles. The van der Waals surface area contributed by atoms with Gasteiger partial charge in [0.2, 0.25) is 17.7 Å². The molecule has 4 rings (SSSR count). The van der Waals surface area contributed by atoms with Crippen LogP contribution in [0.3, 0.4) is 0 Å². The molecule has 2 aliphatic rings. The van der Waals surface area contributed by atoms with E-state index in [4.69, 9.17) is 4.42 Å². The van der Waals surface area contributed by atoms with E-state index in [2.05, 4.69) is 15.2 Å². The number of aromatic nitrogens is 1. The van der Waals surface area contributed by atoms with Crippen LogP contribution in [-0.2, 0) is 16.1 Å². The van der Waals surface area contributed by atoms with Crippen molar-refractivity contribution in [3.63, 3.8) is 0 Å². The molecule has 7 nitrogen and oxygen atoms in total. The number of halogens is 1. The minimum Gasteiger partial charge on any atom is -0.441 e. The summed E-state index contributed by atoms with van der Waals surface area (Å²) in [6, 6.07) is 6.47.